The zero-order valence-electron chi connectivity index (χ0n) is 10.8. The Hall–Kier alpha value is -0.940. The highest BCUT2D eigenvalue weighted by atomic mass is 32.1. The van der Waals surface area contributed by atoms with Crippen molar-refractivity contribution in [3.05, 3.63) is 15.6 Å². The second-order valence-electron chi connectivity index (χ2n) is 4.58. The molecule has 1 aliphatic carbocycles. The van der Waals surface area contributed by atoms with Crippen molar-refractivity contribution in [1.82, 2.24) is 4.98 Å². The van der Waals surface area contributed by atoms with Gasteiger partial charge in [0.25, 0.3) is 0 Å². The Kier molecular flexibility index (Phi) is 4.35. The second kappa shape index (κ2) is 5.80. The summed E-state index contributed by atoms with van der Waals surface area (Å²) in [5, 5.41) is 10.1. The third-order valence-electron chi connectivity index (χ3n) is 3.02. The van der Waals surface area contributed by atoms with E-state index in [0.717, 1.165) is 36.4 Å². The van der Waals surface area contributed by atoms with Gasteiger partial charge in [-0.1, -0.05) is 13.3 Å². The average Bonchev–Trinajstić information content (AvgIpc) is 3.08. The maximum atomic E-state index is 11.2. The zero-order chi connectivity index (χ0) is 13.1. The fourth-order valence-electron chi connectivity index (χ4n) is 2.02. The number of ether oxygens (including phenoxy) is 1. The molecule has 100 valence electrons. The van der Waals surface area contributed by atoms with E-state index in [1.807, 2.05) is 6.92 Å². The molecule has 1 fully saturated rings. The standard InChI is InChI=1S/C13H19NO3S/c1-3-5-9(17-4-2)12-14-10(8-6-7-8)11(18-12)13(15)16/h8-9H,3-7H2,1-2H3,(H,15,16). The van der Waals surface area contributed by atoms with E-state index >= 15 is 0 Å². The van der Waals surface area contributed by atoms with Gasteiger partial charge in [0.1, 0.15) is 16.0 Å². The molecule has 18 heavy (non-hydrogen) atoms. The van der Waals surface area contributed by atoms with E-state index in [1.54, 1.807) is 0 Å². The highest BCUT2D eigenvalue weighted by Crippen LogP contribution is 2.44. The first kappa shape index (κ1) is 13.5. The molecule has 1 N–H and O–H groups in total. The van der Waals surface area contributed by atoms with Crippen molar-refractivity contribution in [3.63, 3.8) is 0 Å². The van der Waals surface area contributed by atoms with Crippen LogP contribution < -0.4 is 0 Å². The summed E-state index contributed by atoms with van der Waals surface area (Å²) in [6, 6.07) is 0. The van der Waals surface area contributed by atoms with Crippen molar-refractivity contribution >= 4 is 17.3 Å². The topological polar surface area (TPSA) is 59.4 Å². The van der Waals surface area contributed by atoms with Gasteiger partial charge in [0.2, 0.25) is 0 Å². The van der Waals surface area contributed by atoms with E-state index in [0.29, 0.717) is 17.4 Å². The molecule has 5 heteroatoms. The molecular weight excluding hydrogens is 250 g/mol. The first-order valence-electron chi connectivity index (χ1n) is 6.52. The van der Waals surface area contributed by atoms with E-state index in [4.69, 9.17) is 4.74 Å². The summed E-state index contributed by atoms with van der Waals surface area (Å²) < 4.78 is 5.67. The summed E-state index contributed by atoms with van der Waals surface area (Å²) in [5.41, 5.74) is 0.781. The molecule has 0 aliphatic heterocycles. The van der Waals surface area contributed by atoms with Gasteiger partial charge >= 0.3 is 5.97 Å². The Morgan fingerprint density at radius 3 is 2.78 bits per heavy atom. The number of hydrogen-bond acceptors (Lipinski definition) is 4. The summed E-state index contributed by atoms with van der Waals surface area (Å²) in [4.78, 5) is 16.2. The molecule has 1 aromatic heterocycles. The molecule has 0 bridgehead atoms. The number of carboxylic acids is 1. The molecule has 0 radical (unpaired) electrons. The fraction of sp³-hybridized carbons (Fsp3) is 0.692. The van der Waals surface area contributed by atoms with Crippen molar-refractivity contribution in [2.24, 2.45) is 0 Å². The lowest BCUT2D eigenvalue weighted by Crippen LogP contribution is -2.03. The lowest BCUT2D eigenvalue weighted by Gasteiger charge is -2.12. The quantitative estimate of drug-likeness (QED) is 0.821. The predicted molar refractivity (Wildman–Crippen MR) is 70.3 cm³/mol. The van der Waals surface area contributed by atoms with Crippen molar-refractivity contribution in [2.45, 2.75) is 51.6 Å². The third-order valence-corrected chi connectivity index (χ3v) is 4.17. The molecule has 0 aromatic carbocycles. The molecular formula is C13H19NO3S. The number of aromatic nitrogens is 1. The van der Waals surface area contributed by atoms with Crippen LogP contribution in [-0.2, 0) is 4.74 Å². The third kappa shape index (κ3) is 2.90. The van der Waals surface area contributed by atoms with Gasteiger partial charge in [-0.15, -0.1) is 11.3 Å². The van der Waals surface area contributed by atoms with Gasteiger partial charge in [-0.3, -0.25) is 0 Å². The highest BCUT2D eigenvalue weighted by molar-refractivity contribution is 7.13. The molecule has 1 aliphatic rings. The minimum atomic E-state index is -0.854. The van der Waals surface area contributed by atoms with Gasteiger partial charge in [0.15, 0.2) is 0 Å². The van der Waals surface area contributed by atoms with Crippen LogP contribution in [0.5, 0.6) is 0 Å². The summed E-state index contributed by atoms with van der Waals surface area (Å²) in [6.45, 7) is 4.68. The number of carbonyl (C=O) groups is 1. The maximum absolute atomic E-state index is 11.2. The van der Waals surface area contributed by atoms with Crippen LogP contribution in [0.15, 0.2) is 0 Å². The first-order valence-corrected chi connectivity index (χ1v) is 7.34. The van der Waals surface area contributed by atoms with Crippen LogP contribution in [0.25, 0.3) is 0 Å². The minimum absolute atomic E-state index is 0.0457. The number of rotatable bonds is 7. The lowest BCUT2D eigenvalue weighted by molar-refractivity contribution is 0.0554. The Morgan fingerprint density at radius 1 is 1.56 bits per heavy atom. The van der Waals surface area contributed by atoms with Crippen LogP contribution in [0.3, 0.4) is 0 Å². The Bertz CT molecular complexity index is 420. The average molecular weight is 269 g/mol. The van der Waals surface area contributed by atoms with Gasteiger partial charge < -0.3 is 9.84 Å². The van der Waals surface area contributed by atoms with Crippen LogP contribution in [0.1, 0.15) is 71.9 Å². The molecule has 2 rings (SSSR count). The van der Waals surface area contributed by atoms with Gasteiger partial charge in [0, 0.05) is 12.5 Å². The smallest absolute Gasteiger partial charge is 0.347 e. The van der Waals surface area contributed by atoms with Crippen molar-refractivity contribution < 1.29 is 14.6 Å². The molecule has 4 nitrogen and oxygen atoms in total. The van der Waals surface area contributed by atoms with Crippen LogP contribution in [0, 0.1) is 0 Å². The molecule has 1 saturated carbocycles. The fourth-order valence-corrected chi connectivity index (χ4v) is 3.09. The van der Waals surface area contributed by atoms with Crippen LogP contribution in [0.4, 0.5) is 0 Å². The van der Waals surface area contributed by atoms with E-state index in [2.05, 4.69) is 11.9 Å². The number of carboxylic acid groups (broad SMARTS) is 1. The summed E-state index contributed by atoms with van der Waals surface area (Å²) >= 11 is 1.29. The van der Waals surface area contributed by atoms with Crippen molar-refractivity contribution in [3.8, 4) is 0 Å². The normalized spacial score (nSPS) is 16.8. The largest absolute Gasteiger partial charge is 0.477 e. The SMILES string of the molecule is CCCC(OCC)c1nc(C2CC2)c(C(=O)O)s1. The molecule has 1 aromatic rings. The molecule has 0 saturated heterocycles. The number of aromatic carboxylic acids is 1. The monoisotopic (exact) mass is 269 g/mol. The van der Waals surface area contributed by atoms with Gasteiger partial charge in [0.05, 0.1) is 5.69 Å². The van der Waals surface area contributed by atoms with E-state index in [-0.39, 0.29) is 6.10 Å². The Labute approximate surface area is 111 Å². The van der Waals surface area contributed by atoms with Crippen LogP contribution in [0.2, 0.25) is 0 Å². The summed E-state index contributed by atoms with van der Waals surface area (Å²) in [5.74, 6) is -0.489. The molecule has 0 amide bonds. The predicted octanol–water partition coefficient (Wildman–Crippen LogP) is 3.60. The zero-order valence-corrected chi connectivity index (χ0v) is 11.6. The van der Waals surface area contributed by atoms with Gasteiger partial charge in [-0.2, -0.15) is 0 Å². The molecule has 1 unspecified atom stereocenters. The summed E-state index contributed by atoms with van der Waals surface area (Å²) in [7, 11) is 0. The molecule has 1 heterocycles. The maximum Gasteiger partial charge on any atom is 0.347 e. The van der Waals surface area contributed by atoms with E-state index in [9.17, 15) is 9.90 Å². The van der Waals surface area contributed by atoms with E-state index < -0.39 is 5.97 Å². The lowest BCUT2D eigenvalue weighted by atomic mass is 10.2. The summed E-state index contributed by atoms with van der Waals surface area (Å²) in [6.07, 6.45) is 3.99. The van der Waals surface area contributed by atoms with Crippen LogP contribution >= 0.6 is 11.3 Å². The van der Waals surface area contributed by atoms with Gasteiger partial charge in [-0.25, -0.2) is 9.78 Å². The van der Waals surface area contributed by atoms with Crippen molar-refractivity contribution in [2.75, 3.05) is 6.61 Å². The first-order chi connectivity index (χ1) is 8.67. The minimum Gasteiger partial charge on any atom is -0.477 e. The van der Waals surface area contributed by atoms with Crippen LogP contribution in [-0.4, -0.2) is 22.7 Å². The molecule has 1 atom stereocenters. The Morgan fingerprint density at radius 2 is 2.28 bits per heavy atom. The van der Waals surface area contributed by atoms with E-state index in [1.165, 1.54) is 11.3 Å². The van der Waals surface area contributed by atoms with Gasteiger partial charge in [-0.05, 0) is 26.2 Å². The van der Waals surface area contributed by atoms with Crippen molar-refractivity contribution in [1.29, 1.82) is 0 Å². The number of nitrogens with zero attached hydrogens (tertiary/aromatic N) is 1. The molecule has 0 spiro atoms. The number of hydrogen-bond donors (Lipinski definition) is 1. The highest BCUT2D eigenvalue weighted by Gasteiger charge is 2.33. The second-order valence-corrected chi connectivity index (χ2v) is 5.61. The Balaban J connectivity index is 2.26. The number of thiazole rings is 1.